The number of nitrogens with one attached hydrogen (secondary N) is 1. The first-order valence-corrected chi connectivity index (χ1v) is 10.1. The molecule has 1 amide bonds. The molecule has 0 fully saturated rings. The van der Waals surface area contributed by atoms with Crippen LogP contribution in [0.2, 0.25) is 0 Å². The number of carboxylic acid groups (broad SMARTS) is 1. The van der Waals surface area contributed by atoms with Gasteiger partial charge in [-0.25, -0.2) is 4.79 Å². The standard InChI is InChI=1S/C21H30N2O8/c1-10(2)7-13(23-20(28)19(27)18(26)12(22)9-16(24)25)15-8-11-5-4-6-14(30-3)17(11)21(29)31-15/h4-6,10,12-13,15,18-19,26-27H,7-9,22H2,1-3H3,(H,23,28)(H,24,25)/t12-,13-,15-,18-,19-/m0/s1. The highest BCUT2D eigenvalue weighted by atomic mass is 16.5. The molecule has 5 atom stereocenters. The zero-order chi connectivity index (χ0) is 23.3. The Kier molecular flexibility index (Phi) is 8.37. The summed E-state index contributed by atoms with van der Waals surface area (Å²) in [4.78, 5) is 35.9. The number of benzene rings is 1. The van der Waals surface area contributed by atoms with Crippen molar-refractivity contribution >= 4 is 17.8 Å². The van der Waals surface area contributed by atoms with E-state index in [1.165, 1.54) is 7.11 Å². The lowest BCUT2D eigenvalue weighted by Crippen LogP contribution is -2.71. The van der Waals surface area contributed by atoms with Crippen molar-refractivity contribution in [3.63, 3.8) is 0 Å². The molecule has 0 saturated carbocycles. The number of aliphatic carboxylic acids is 1. The molecule has 0 radical (unpaired) electrons. The molecule has 172 valence electrons. The molecule has 1 aromatic rings. The molecule has 31 heavy (non-hydrogen) atoms. The second-order valence-electron chi connectivity index (χ2n) is 8.16. The quantitative estimate of drug-likeness (QED) is 0.297. The fourth-order valence-electron chi connectivity index (χ4n) is 3.66. The monoisotopic (exact) mass is 438 g/mol. The third-order valence-electron chi connectivity index (χ3n) is 5.22. The highest BCUT2D eigenvalue weighted by Crippen LogP contribution is 2.31. The van der Waals surface area contributed by atoms with Gasteiger partial charge in [-0.2, -0.15) is 0 Å². The molecule has 1 heterocycles. The number of hydrogen-bond donors (Lipinski definition) is 4. The van der Waals surface area contributed by atoms with Crippen LogP contribution in [0.25, 0.3) is 0 Å². The molecular weight excluding hydrogens is 408 g/mol. The summed E-state index contributed by atoms with van der Waals surface area (Å²) in [7, 11) is 1.46. The van der Waals surface area contributed by atoms with Crippen LogP contribution in [-0.2, 0) is 20.7 Å². The summed E-state index contributed by atoms with van der Waals surface area (Å²) in [5, 5.41) is 33.6. The van der Waals surface area contributed by atoms with E-state index in [0.717, 1.165) is 5.56 Å². The molecule has 10 nitrogen and oxygen atoms in total. The number of methoxy groups -OCH3 is 1. The highest BCUT2D eigenvalue weighted by Gasteiger charge is 2.38. The van der Waals surface area contributed by atoms with Gasteiger partial charge in [-0.1, -0.05) is 26.0 Å². The molecule has 1 aliphatic heterocycles. The number of cyclic esters (lactones) is 1. The third kappa shape index (κ3) is 6.16. The molecule has 0 aromatic heterocycles. The number of hydrogen-bond acceptors (Lipinski definition) is 8. The van der Waals surface area contributed by atoms with Gasteiger partial charge in [0.15, 0.2) is 6.10 Å². The lowest BCUT2D eigenvalue weighted by Gasteiger charge is -2.34. The molecule has 0 unspecified atom stereocenters. The Labute approximate surface area is 180 Å². The van der Waals surface area contributed by atoms with Gasteiger partial charge < -0.3 is 40.6 Å². The zero-order valence-corrected chi connectivity index (χ0v) is 17.9. The first-order valence-electron chi connectivity index (χ1n) is 10.1. The van der Waals surface area contributed by atoms with E-state index in [2.05, 4.69) is 11.1 Å². The van der Waals surface area contributed by atoms with Gasteiger partial charge in [-0.05, 0) is 24.0 Å². The maximum Gasteiger partial charge on any atom is 0.342 e. The summed E-state index contributed by atoms with van der Waals surface area (Å²) in [5.74, 6) is -2.40. The molecule has 1 aromatic carbocycles. The van der Waals surface area contributed by atoms with Gasteiger partial charge >= 0.3 is 5.97 Å². The zero-order valence-electron chi connectivity index (χ0n) is 17.9. The Balaban J connectivity index is 2.17. The van der Waals surface area contributed by atoms with E-state index >= 15 is 0 Å². The minimum atomic E-state index is -1.90. The smallest absolute Gasteiger partial charge is 0.342 e. The average molecular weight is 438 g/mol. The number of carbonyl (C=O) groups excluding carboxylic acids is 3. The molecule has 1 aliphatic rings. The van der Waals surface area contributed by atoms with Crippen molar-refractivity contribution in [3.05, 3.63) is 29.3 Å². The molecule has 2 rings (SSSR count). The molecule has 0 aliphatic carbocycles. The number of aliphatic hydroxyl groups excluding tert-OH is 2. The van der Waals surface area contributed by atoms with Crippen LogP contribution in [0.5, 0.6) is 5.75 Å². The summed E-state index contributed by atoms with van der Waals surface area (Å²) < 4.78 is 10.8. The van der Waals surface area contributed by atoms with Crippen molar-refractivity contribution < 1.29 is 44.9 Å². The second-order valence-corrected chi connectivity index (χ2v) is 8.16. The van der Waals surface area contributed by atoms with Gasteiger partial charge in [0.1, 0.15) is 29.6 Å². The van der Waals surface area contributed by atoms with Crippen LogP contribution < -0.4 is 20.9 Å². The number of rotatable bonds is 10. The van der Waals surface area contributed by atoms with Crippen LogP contribution in [0.3, 0.4) is 0 Å². The van der Waals surface area contributed by atoms with Crippen molar-refractivity contribution in [2.45, 2.75) is 63.5 Å². The largest absolute Gasteiger partial charge is 0.550 e. The number of aliphatic hydroxyl groups is 2. The number of ether oxygens (including phenoxy) is 2. The van der Waals surface area contributed by atoms with E-state index in [9.17, 15) is 29.7 Å². The lowest BCUT2D eigenvalue weighted by molar-refractivity contribution is -0.444. The van der Waals surface area contributed by atoms with Crippen LogP contribution in [0.1, 0.15) is 42.6 Å². The number of esters is 1. The number of quaternary nitrogens is 1. The van der Waals surface area contributed by atoms with Crippen molar-refractivity contribution in [2.24, 2.45) is 5.92 Å². The van der Waals surface area contributed by atoms with Crippen LogP contribution in [0.15, 0.2) is 18.2 Å². The van der Waals surface area contributed by atoms with Crippen LogP contribution in [0.4, 0.5) is 0 Å². The van der Waals surface area contributed by atoms with Crippen molar-refractivity contribution in [1.82, 2.24) is 5.32 Å². The first-order chi connectivity index (χ1) is 14.5. The molecule has 10 heteroatoms. The Morgan fingerprint density at radius 1 is 1.35 bits per heavy atom. The van der Waals surface area contributed by atoms with Gasteiger partial charge in [0.25, 0.3) is 5.91 Å². The highest BCUT2D eigenvalue weighted by molar-refractivity contribution is 5.95. The second kappa shape index (κ2) is 10.6. The number of fused-ring (bicyclic) bond motifs is 1. The fraction of sp³-hybridized carbons (Fsp3) is 0.571. The molecule has 0 spiro atoms. The van der Waals surface area contributed by atoms with Crippen molar-refractivity contribution in [3.8, 4) is 5.75 Å². The number of carbonyl (C=O) groups is 3. The Morgan fingerprint density at radius 3 is 2.61 bits per heavy atom. The summed E-state index contributed by atoms with van der Waals surface area (Å²) in [6.45, 7) is 3.86. The topological polar surface area (TPSA) is 173 Å². The fourth-order valence-corrected chi connectivity index (χ4v) is 3.66. The SMILES string of the molecule is COc1cccc2c1C(=O)O[C@H]([C@H](CC(C)C)NC(=O)[C@@H](O)[C@@H](O)[C@@H]([NH3+])CC(=O)[O-])C2. The Morgan fingerprint density at radius 2 is 2.03 bits per heavy atom. The molecule has 0 saturated heterocycles. The van der Waals surface area contributed by atoms with E-state index < -0.39 is 54.7 Å². The van der Waals surface area contributed by atoms with E-state index in [-0.39, 0.29) is 5.92 Å². The van der Waals surface area contributed by atoms with Gasteiger partial charge in [0.2, 0.25) is 0 Å². The number of amides is 1. The van der Waals surface area contributed by atoms with E-state index in [0.29, 0.717) is 24.2 Å². The first kappa shape index (κ1) is 24.6. The molecular formula is C21H30N2O8. The Hall–Kier alpha value is -2.69. The van der Waals surface area contributed by atoms with E-state index in [1.807, 2.05) is 13.8 Å². The maximum absolute atomic E-state index is 12.6. The summed E-state index contributed by atoms with van der Waals surface area (Å²) in [5.41, 5.74) is 4.52. The van der Waals surface area contributed by atoms with Gasteiger partial charge in [-0.15, -0.1) is 0 Å². The van der Waals surface area contributed by atoms with Crippen molar-refractivity contribution in [1.29, 1.82) is 0 Å². The van der Waals surface area contributed by atoms with Gasteiger partial charge in [0.05, 0.1) is 13.2 Å². The third-order valence-corrected chi connectivity index (χ3v) is 5.22. The average Bonchev–Trinajstić information content (AvgIpc) is 2.70. The van der Waals surface area contributed by atoms with E-state index in [4.69, 9.17) is 9.47 Å². The predicted molar refractivity (Wildman–Crippen MR) is 106 cm³/mol. The summed E-state index contributed by atoms with van der Waals surface area (Å²) in [6, 6.07) is 3.43. The summed E-state index contributed by atoms with van der Waals surface area (Å²) in [6.07, 6.45) is -4.13. The van der Waals surface area contributed by atoms with Crippen molar-refractivity contribution in [2.75, 3.05) is 7.11 Å². The van der Waals surface area contributed by atoms with Gasteiger partial charge in [0, 0.05) is 18.8 Å². The summed E-state index contributed by atoms with van der Waals surface area (Å²) >= 11 is 0. The molecule has 6 N–H and O–H groups in total. The minimum absolute atomic E-state index is 0.122. The molecule has 0 bridgehead atoms. The minimum Gasteiger partial charge on any atom is -0.550 e. The van der Waals surface area contributed by atoms with Crippen LogP contribution in [0, 0.1) is 5.92 Å². The van der Waals surface area contributed by atoms with Gasteiger partial charge in [-0.3, -0.25) is 4.79 Å². The predicted octanol–water partition coefficient (Wildman–Crippen LogP) is -2.22. The maximum atomic E-state index is 12.6. The number of carboxylic acids is 1. The Bertz CT molecular complexity index is 813. The normalized spacial score (nSPS) is 19.6. The van der Waals surface area contributed by atoms with E-state index in [1.54, 1.807) is 18.2 Å². The lowest BCUT2D eigenvalue weighted by atomic mass is 9.90. The van der Waals surface area contributed by atoms with Crippen LogP contribution >= 0.6 is 0 Å². The van der Waals surface area contributed by atoms with Crippen LogP contribution in [-0.4, -0.2) is 65.6 Å².